The lowest BCUT2D eigenvalue weighted by Crippen LogP contribution is -2.14. The molecule has 1 aliphatic rings. The third-order valence-corrected chi connectivity index (χ3v) is 12.6. The third kappa shape index (κ3) is 4.31. The molecule has 0 bridgehead atoms. The van der Waals surface area contributed by atoms with E-state index in [0.29, 0.717) is 0 Å². The van der Waals surface area contributed by atoms with Gasteiger partial charge in [0, 0.05) is 21.8 Å². The molecule has 0 atom stereocenters. The highest BCUT2D eigenvalue weighted by Crippen LogP contribution is 2.56. The summed E-state index contributed by atoms with van der Waals surface area (Å²) in [5.41, 5.74) is 14.2. The Morgan fingerprint density at radius 2 is 0.911 bits per heavy atom. The van der Waals surface area contributed by atoms with Crippen LogP contribution in [-0.2, 0) is 5.41 Å². The lowest BCUT2D eigenvalue weighted by atomic mass is 9.81. The standard InChI is InChI=1S/C55H36O/c1-55(2)46-25-12-11-24-44(46)53-47(55)32-45-52-39-19-6-5-15-34(39)28-29-48(52)56-54(45)51(53)37-18-13-17-36(31-37)49-40-20-7-9-22-42(40)50(43-23-10-8-21-41(43)49)38-27-26-33-14-3-4-16-35(33)30-38/h3-32H,1-2H3. The summed E-state index contributed by atoms with van der Waals surface area (Å²) in [7, 11) is 0. The van der Waals surface area contributed by atoms with Crippen molar-refractivity contribution >= 4 is 65.0 Å². The van der Waals surface area contributed by atoms with E-state index in [1.165, 1.54) is 104 Å². The summed E-state index contributed by atoms with van der Waals surface area (Å²) < 4.78 is 7.04. The van der Waals surface area contributed by atoms with Crippen molar-refractivity contribution in [3.8, 4) is 44.5 Å². The van der Waals surface area contributed by atoms with Gasteiger partial charge in [0.1, 0.15) is 11.2 Å². The van der Waals surface area contributed by atoms with Crippen LogP contribution in [0.2, 0.25) is 0 Å². The normalized spacial score (nSPS) is 13.3. The fourth-order valence-corrected chi connectivity index (χ4v) is 10.0. The van der Waals surface area contributed by atoms with Crippen molar-refractivity contribution < 1.29 is 4.42 Å². The van der Waals surface area contributed by atoms with Crippen molar-refractivity contribution in [2.75, 3.05) is 0 Å². The predicted octanol–water partition coefficient (Wildman–Crippen LogP) is 15.5. The highest BCUT2D eigenvalue weighted by atomic mass is 16.3. The lowest BCUT2D eigenvalue weighted by Gasteiger charge is -2.22. The molecule has 12 rings (SSSR count). The van der Waals surface area contributed by atoms with Crippen LogP contribution in [0.3, 0.4) is 0 Å². The minimum Gasteiger partial charge on any atom is -0.455 e. The maximum absolute atomic E-state index is 7.04. The van der Waals surface area contributed by atoms with Crippen molar-refractivity contribution in [2.24, 2.45) is 0 Å². The third-order valence-electron chi connectivity index (χ3n) is 12.6. The van der Waals surface area contributed by atoms with Gasteiger partial charge in [0.2, 0.25) is 0 Å². The van der Waals surface area contributed by atoms with Crippen LogP contribution in [0.15, 0.2) is 186 Å². The molecule has 56 heavy (non-hydrogen) atoms. The van der Waals surface area contributed by atoms with Crippen LogP contribution in [0, 0.1) is 0 Å². The summed E-state index contributed by atoms with van der Waals surface area (Å²) in [5.74, 6) is 0. The molecule has 1 heterocycles. The number of fused-ring (bicyclic) bond motifs is 11. The molecule has 10 aromatic carbocycles. The maximum atomic E-state index is 7.04. The van der Waals surface area contributed by atoms with Crippen molar-refractivity contribution in [1.82, 2.24) is 0 Å². The number of hydrogen-bond acceptors (Lipinski definition) is 1. The Bertz CT molecular complexity index is 3390. The van der Waals surface area contributed by atoms with E-state index in [4.69, 9.17) is 4.42 Å². The van der Waals surface area contributed by atoms with Gasteiger partial charge in [-0.2, -0.15) is 0 Å². The molecule has 0 aliphatic heterocycles. The molecule has 11 aromatic rings. The van der Waals surface area contributed by atoms with Crippen LogP contribution in [0.4, 0.5) is 0 Å². The summed E-state index contributed by atoms with van der Waals surface area (Å²) in [4.78, 5) is 0. The van der Waals surface area contributed by atoms with Gasteiger partial charge in [0.25, 0.3) is 0 Å². The zero-order valence-electron chi connectivity index (χ0n) is 31.2. The molecule has 0 saturated heterocycles. The van der Waals surface area contributed by atoms with Gasteiger partial charge >= 0.3 is 0 Å². The number of furan rings is 1. The number of benzene rings is 10. The molecule has 1 heteroatoms. The Kier molecular flexibility index (Phi) is 6.46. The summed E-state index contributed by atoms with van der Waals surface area (Å²) in [6.07, 6.45) is 0. The average Bonchev–Trinajstić information content (AvgIpc) is 3.74. The molecule has 0 saturated carbocycles. The molecule has 0 fully saturated rings. The molecule has 0 N–H and O–H groups in total. The maximum Gasteiger partial charge on any atom is 0.143 e. The SMILES string of the molecule is CC1(C)c2ccccc2-c2c1cc1c(oc3ccc4ccccc4c31)c2-c1cccc(-c2c3ccccc3c(-c3ccc4ccccc4c3)c3ccccc23)c1. The van der Waals surface area contributed by atoms with E-state index < -0.39 is 0 Å². The van der Waals surface area contributed by atoms with Crippen molar-refractivity contribution in [3.05, 3.63) is 193 Å². The van der Waals surface area contributed by atoms with Crippen molar-refractivity contribution in [1.29, 1.82) is 0 Å². The molecule has 0 amide bonds. The number of rotatable bonds is 3. The Labute approximate surface area is 325 Å². The predicted molar refractivity (Wildman–Crippen MR) is 238 cm³/mol. The van der Waals surface area contributed by atoms with Gasteiger partial charge in [-0.15, -0.1) is 0 Å². The van der Waals surface area contributed by atoms with E-state index in [9.17, 15) is 0 Å². The second-order valence-electron chi connectivity index (χ2n) is 16.0. The molecule has 1 aliphatic carbocycles. The smallest absolute Gasteiger partial charge is 0.143 e. The largest absolute Gasteiger partial charge is 0.455 e. The van der Waals surface area contributed by atoms with Gasteiger partial charge in [0.05, 0.1) is 0 Å². The highest BCUT2D eigenvalue weighted by Gasteiger charge is 2.39. The van der Waals surface area contributed by atoms with Gasteiger partial charge in [0.15, 0.2) is 0 Å². The average molecular weight is 713 g/mol. The zero-order valence-corrected chi connectivity index (χ0v) is 31.2. The van der Waals surface area contributed by atoms with E-state index >= 15 is 0 Å². The fraction of sp³-hybridized carbons (Fsp3) is 0.0545. The van der Waals surface area contributed by atoms with Gasteiger partial charge < -0.3 is 4.42 Å². The quantitative estimate of drug-likeness (QED) is 0.166. The van der Waals surface area contributed by atoms with Crippen LogP contribution in [-0.4, -0.2) is 0 Å². The van der Waals surface area contributed by atoms with Gasteiger partial charge in [-0.25, -0.2) is 0 Å². The fourth-order valence-electron chi connectivity index (χ4n) is 10.0. The van der Waals surface area contributed by atoms with Crippen LogP contribution in [0.5, 0.6) is 0 Å². The molecular weight excluding hydrogens is 677 g/mol. The molecule has 262 valence electrons. The summed E-state index contributed by atoms with van der Waals surface area (Å²) >= 11 is 0. The van der Waals surface area contributed by atoms with Crippen LogP contribution in [0.25, 0.3) is 110 Å². The topological polar surface area (TPSA) is 13.1 Å². The Balaban J connectivity index is 1.17. The van der Waals surface area contributed by atoms with Crippen LogP contribution >= 0.6 is 0 Å². The lowest BCUT2D eigenvalue weighted by molar-refractivity contribution is 0.658. The van der Waals surface area contributed by atoms with Crippen LogP contribution in [0.1, 0.15) is 25.0 Å². The first-order valence-electron chi connectivity index (χ1n) is 19.6. The molecular formula is C55H36O. The first kappa shape index (κ1) is 31.4. The van der Waals surface area contributed by atoms with Gasteiger partial charge in [-0.1, -0.05) is 172 Å². The van der Waals surface area contributed by atoms with Gasteiger partial charge in [-0.05, 0) is 117 Å². The van der Waals surface area contributed by atoms with Gasteiger partial charge in [-0.3, -0.25) is 0 Å². The van der Waals surface area contributed by atoms with E-state index in [-0.39, 0.29) is 5.41 Å². The van der Waals surface area contributed by atoms with Crippen LogP contribution < -0.4 is 0 Å². The van der Waals surface area contributed by atoms with E-state index in [1.54, 1.807) is 0 Å². The monoisotopic (exact) mass is 712 g/mol. The van der Waals surface area contributed by atoms with E-state index in [2.05, 4.69) is 196 Å². The van der Waals surface area contributed by atoms with E-state index in [0.717, 1.165) is 16.7 Å². The minimum atomic E-state index is -0.175. The molecule has 0 unspecified atom stereocenters. The molecule has 0 radical (unpaired) electrons. The molecule has 1 nitrogen and oxygen atoms in total. The molecule has 1 aromatic heterocycles. The summed E-state index contributed by atoms with van der Waals surface area (Å²) in [5, 5.41) is 12.3. The summed E-state index contributed by atoms with van der Waals surface area (Å²) in [6, 6.07) is 67.1. The Hall–Kier alpha value is -6.96. The highest BCUT2D eigenvalue weighted by molar-refractivity contribution is 6.24. The first-order valence-corrected chi connectivity index (χ1v) is 19.6. The second-order valence-corrected chi connectivity index (χ2v) is 16.0. The Morgan fingerprint density at radius 1 is 0.357 bits per heavy atom. The molecule has 0 spiro atoms. The number of hydrogen-bond donors (Lipinski definition) is 0. The van der Waals surface area contributed by atoms with E-state index in [1.807, 2.05) is 0 Å². The Morgan fingerprint density at radius 3 is 1.62 bits per heavy atom. The minimum absolute atomic E-state index is 0.175. The zero-order chi connectivity index (χ0) is 37.1. The summed E-state index contributed by atoms with van der Waals surface area (Å²) in [6.45, 7) is 4.75. The second kappa shape index (κ2) is 11.5. The van der Waals surface area contributed by atoms with Crippen molar-refractivity contribution in [3.63, 3.8) is 0 Å². The first-order chi connectivity index (χ1) is 27.5. The van der Waals surface area contributed by atoms with Crippen molar-refractivity contribution in [2.45, 2.75) is 19.3 Å².